The Hall–Kier alpha value is -1.79. The number of hydrogen-bond donors (Lipinski definition) is 3. The highest BCUT2D eigenvalue weighted by atomic mass is 32.2. The fourth-order valence-electron chi connectivity index (χ4n) is 2.61. The second-order valence-electron chi connectivity index (χ2n) is 7.70. The lowest BCUT2D eigenvalue weighted by Gasteiger charge is -2.39. The van der Waals surface area contributed by atoms with Crippen molar-refractivity contribution < 1.29 is 47.2 Å². The number of carboxylic acid groups (broad SMARTS) is 1. The van der Waals surface area contributed by atoms with Crippen molar-refractivity contribution in [3.05, 3.63) is 0 Å². The number of carbonyl (C=O) groups is 5. The Morgan fingerprint density at radius 1 is 1.22 bits per heavy atom. The zero-order chi connectivity index (χ0) is 24.5. The fraction of sp³-hybridized carbons (Fsp3) is 0.722. The van der Waals surface area contributed by atoms with Crippen molar-refractivity contribution in [2.24, 2.45) is 11.3 Å². The highest BCUT2D eigenvalue weighted by Crippen LogP contribution is 2.56. The van der Waals surface area contributed by atoms with E-state index in [1.165, 1.54) is 0 Å². The minimum atomic E-state index is -3.81. The summed E-state index contributed by atoms with van der Waals surface area (Å²) in [5.74, 6) is -3.76. The van der Waals surface area contributed by atoms with Gasteiger partial charge in [-0.05, 0) is 6.92 Å². The summed E-state index contributed by atoms with van der Waals surface area (Å²) in [5, 5.41) is 13.3. The molecule has 1 aliphatic rings. The van der Waals surface area contributed by atoms with Crippen LogP contribution < -0.4 is 10.6 Å². The molecule has 0 bridgehead atoms. The molecule has 0 spiro atoms. The minimum absolute atomic E-state index is 0.00412. The molecule has 0 saturated carbocycles. The van der Waals surface area contributed by atoms with E-state index in [-0.39, 0.29) is 37.8 Å². The molecule has 2 unspecified atom stereocenters. The lowest BCUT2D eigenvalue weighted by Crippen LogP contribution is -2.50. The largest absolute Gasteiger partial charge is 0.481 e. The first kappa shape index (κ1) is 28.2. The van der Waals surface area contributed by atoms with E-state index in [4.69, 9.17) is 18.7 Å². The number of carboxylic acids is 1. The fourth-order valence-corrected chi connectivity index (χ4v) is 4.85. The van der Waals surface area contributed by atoms with E-state index in [0.717, 1.165) is 25.8 Å². The molecular weight excluding hydrogens is 467 g/mol. The molecule has 32 heavy (non-hydrogen) atoms. The first-order chi connectivity index (χ1) is 14.8. The predicted molar refractivity (Wildman–Crippen MR) is 114 cm³/mol. The standard InChI is InChI=1S/C18H29N2O10PS/c1-11(21)12(9-14(23)24)17(26)32-8-7-19-13(22)5-6-20-16(25)15-18(2,3)10-29-31(27,28-4)30-15/h12,15H,5-10H2,1-4H3,(H,19,22)(H,20,25)(H,23,24)/t12?,15-,31?/m0/s1. The van der Waals surface area contributed by atoms with Gasteiger partial charge in [0, 0.05) is 37.8 Å². The van der Waals surface area contributed by atoms with Crippen LogP contribution in [0.15, 0.2) is 0 Å². The van der Waals surface area contributed by atoms with Gasteiger partial charge < -0.3 is 15.7 Å². The normalized spacial score (nSPS) is 23.1. The number of phosphoric ester groups is 1. The molecule has 2 amide bonds. The molecule has 0 aromatic carbocycles. The summed E-state index contributed by atoms with van der Waals surface area (Å²) >= 11 is 0.772. The van der Waals surface area contributed by atoms with Gasteiger partial charge in [-0.25, -0.2) is 4.57 Å². The van der Waals surface area contributed by atoms with Crippen molar-refractivity contribution in [3.8, 4) is 0 Å². The quantitative estimate of drug-likeness (QED) is 0.197. The van der Waals surface area contributed by atoms with Gasteiger partial charge in [-0.1, -0.05) is 25.6 Å². The summed E-state index contributed by atoms with van der Waals surface area (Å²) < 4.78 is 27.1. The maximum atomic E-state index is 12.4. The van der Waals surface area contributed by atoms with Crippen molar-refractivity contribution in [2.45, 2.75) is 39.7 Å². The third-order valence-electron chi connectivity index (χ3n) is 4.47. The first-order valence-electron chi connectivity index (χ1n) is 9.73. The number of amides is 2. The second kappa shape index (κ2) is 12.4. The highest BCUT2D eigenvalue weighted by Gasteiger charge is 2.48. The lowest BCUT2D eigenvalue weighted by atomic mass is 9.87. The van der Waals surface area contributed by atoms with E-state index in [9.17, 15) is 28.5 Å². The maximum absolute atomic E-state index is 12.4. The Bertz CT molecular complexity index is 788. The van der Waals surface area contributed by atoms with Gasteiger partial charge in [0.2, 0.25) is 11.8 Å². The van der Waals surface area contributed by atoms with Gasteiger partial charge in [-0.3, -0.25) is 37.5 Å². The summed E-state index contributed by atoms with van der Waals surface area (Å²) in [4.78, 5) is 58.4. The van der Waals surface area contributed by atoms with Crippen LogP contribution in [-0.4, -0.2) is 72.5 Å². The summed E-state index contributed by atoms with van der Waals surface area (Å²) in [6, 6.07) is 0. The number of hydrogen-bond acceptors (Lipinski definition) is 10. The van der Waals surface area contributed by atoms with Crippen LogP contribution in [0.2, 0.25) is 0 Å². The van der Waals surface area contributed by atoms with Crippen LogP contribution in [0.1, 0.15) is 33.6 Å². The smallest absolute Gasteiger partial charge is 0.475 e. The summed E-state index contributed by atoms with van der Waals surface area (Å²) in [7, 11) is -2.66. The molecule has 12 nitrogen and oxygen atoms in total. The summed E-state index contributed by atoms with van der Waals surface area (Å²) in [5.41, 5.74) is -0.763. The molecule has 182 valence electrons. The van der Waals surface area contributed by atoms with Gasteiger partial charge in [0.05, 0.1) is 18.9 Å². The maximum Gasteiger partial charge on any atom is 0.475 e. The van der Waals surface area contributed by atoms with Gasteiger partial charge in [0.25, 0.3) is 0 Å². The molecule has 1 fully saturated rings. The Kier molecular flexibility index (Phi) is 11.0. The van der Waals surface area contributed by atoms with Gasteiger partial charge in [-0.15, -0.1) is 0 Å². The van der Waals surface area contributed by atoms with Gasteiger partial charge in [0.1, 0.15) is 5.78 Å². The topological polar surface area (TPSA) is 174 Å². The Morgan fingerprint density at radius 2 is 1.88 bits per heavy atom. The molecule has 1 saturated heterocycles. The molecule has 0 radical (unpaired) electrons. The van der Waals surface area contributed by atoms with Crippen molar-refractivity contribution in [1.29, 1.82) is 0 Å². The molecule has 1 rings (SSSR count). The average molecular weight is 496 g/mol. The van der Waals surface area contributed by atoms with Gasteiger partial charge in [-0.2, -0.15) is 0 Å². The third-order valence-corrected chi connectivity index (χ3v) is 6.81. The monoisotopic (exact) mass is 496 g/mol. The Morgan fingerprint density at radius 3 is 2.44 bits per heavy atom. The van der Waals surface area contributed by atoms with Crippen LogP contribution in [-0.2, 0) is 42.1 Å². The zero-order valence-corrected chi connectivity index (χ0v) is 20.1. The van der Waals surface area contributed by atoms with E-state index in [1.807, 2.05) is 0 Å². The number of thioether (sulfide) groups is 1. The Balaban J connectivity index is 2.36. The first-order valence-corrected chi connectivity index (χ1v) is 12.2. The van der Waals surface area contributed by atoms with Crippen molar-refractivity contribution in [2.75, 3.05) is 32.6 Å². The van der Waals surface area contributed by atoms with Gasteiger partial charge >= 0.3 is 13.8 Å². The van der Waals surface area contributed by atoms with E-state index < -0.39 is 54.5 Å². The summed E-state index contributed by atoms with van der Waals surface area (Å²) in [6.07, 6.45) is -1.71. The number of phosphoric acid groups is 1. The molecule has 1 aliphatic heterocycles. The van der Waals surface area contributed by atoms with Crippen LogP contribution >= 0.6 is 19.6 Å². The molecule has 0 aliphatic carbocycles. The SMILES string of the molecule is COP1(=O)OCC(C)(C)[C@H](C(=O)NCCC(=O)NCCSC(=O)C(CC(=O)O)C(C)=O)O1. The van der Waals surface area contributed by atoms with Crippen molar-refractivity contribution in [1.82, 2.24) is 10.6 Å². The highest BCUT2D eigenvalue weighted by molar-refractivity contribution is 8.13. The molecule has 0 aromatic heterocycles. The zero-order valence-electron chi connectivity index (χ0n) is 18.4. The number of aliphatic carboxylic acids is 1. The number of nitrogens with one attached hydrogen (secondary N) is 2. The van der Waals surface area contributed by atoms with E-state index in [1.54, 1.807) is 13.8 Å². The van der Waals surface area contributed by atoms with Crippen molar-refractivity contribution in [3.63, 3.8) is 0 Å². The van der Waals surface area contributed by atoms with Gasteiger partial charge in [0.15, 0.2) is 11.2 Å². The Labute approximate surface area is 190 Å². The van der Waals surface area contributed by atoms with E-state index in [2.05, 4.69) is 10.6 Å². The summed E-state index contributed by atoms with van der Waals surface area (Å²) in [6.45, 7) is 4.67. The molecule has 3 N–H and O–H groups in total. The molecule has 0 aromatic rings. The van der Waals surface area contributed by atoms with E-state index in [0.29, 0.717) is 0 Å². The van der Waals surface area contributed by atoms with Crippen molar-refractivity contribution >= 4 is 48.3 Å². The lowest BCUT2D eigenvalue weighted by molar-refractivity contribution is -0.142. The minimum Gasteiger partial charge on any atom is -0.481 e. The molecule has 1 heterocycles. The second-order valence-corrected chi connectivity index (χ2v) is 10.5. The van der Waals surface area contributed by atoms with Crippen LogP contribution in [0.4, 0.5) is 0 Å². The number of ketones is 1. The van der Waals surface area contributed by atoms with Crippen LogP contribution in [0, 0.1) is 11.3 Å². The van der Waals surface area contributed by atoms with Crippen LogP contribution in [0.5, 0.6) is 0 Å². The van der Waals surface area contributed by atoms with E-state index >= 15 is 0 Å². The molecular formula is C18H29N2O10PS. The third kappa shape index (κ3) is 8.99. The predicted octanol–water partition coefficient (Wildman–Crippen LogP) is 0.745. The number of Topliss-reactive ketones (excluding diaryl/α,β-unsaturated/α-hetero) is 1. The van der Waals surface area contributed by atoms with Crippen LogP contribution in [0.25, 0.3) is 0 Å². The molecule has 14 heteroatoms. The molecule has 3 atom stereocenters. The van der Waals surface area contributed by atoms with Crippen LogP contribution in [0.3, 0.4) is 0 Å². The average Bonchev–Trinajstić information content (AvgIpc) is 2.70. The number of rotatable bonds is 12. The number of carbonyl (C=O) groups excluding carboxylic acids is 4.